The Labute approximate surface area is 266 Å². The van der Waals surface area contributed by atoms with Crippen molar-refractivity contribution in [2.24, 2.45) is 0 Å². The third kappa shape index (κ3) is 4.49. The lowest BCUT2D eigenvalue weighted by molar-refractivity contribution is 1.07. The third-order valence-electron chi connectivity index (χ3n) is 8.89. The maximum atomic E-state index is 5.08. The maximum absolute atomic E-state index is 5.08. The van der Waals surface area contributed by atoms with Gasteiger partial charge in [-0.3, -0.25) is 0 Å². The van der Waals surface area contributed by atoms with Gasteiger partial charge >= 0.3 is 0 Å². The fourth-order valence-corrected chi connectivity index (χ4v) is 6.62. The number of benzene rings is 8. The molecule has 0 aliphatic carbocycles. The molecule has 0 radical (unpaired) electrons. The molecular formula is C43H27N3. The second-order valence-corrected chi connectivity index (χ2v) is 11.7. The predicted molar refractivity (Wildman–Crippen MR) is 192 cm³/mol. The number of fused-ring (bicyclic) bond motifs is 6. The van der Waals surface area contributed by atoms with E-state index in [9.17, 15) is 0 Å². The van der Waals surface area contributed by atoms with Crippen molar-refractivity contribution in [3.05, 3.63) is 164 Å². The van der Waals surface area contributed by atoms with Crippen LogP contribution >= 0.6 is 0 Å². The molecule has 0 atom stereocenters. The molecule has 0 saturated carbocycles. The van der Waals surface area contributed by atoms with E-state index in [1.165, 1.54) is 43.3 Å². The van der Waals surface area contributed by atoms with Crippen molar-refractivity contribution in [2.75, 3.05) is 0 Å². The van der Waals surface area contributed by atoms with Gasteiger partial charge in [-0.15, -0.1) is 0 Å². The second kappa shape index (κ2) is 10.8. The zero-order valence-corrected chi connectivity index (χ0v) is 24.9. The lowest BCUT2D eigenvalue weighted by atomic mass is 9.96. The highest BCUT2D eigenvalue weighted by Crippen LogP contribution is 2.35. The minimum absolute atomic E-state index is 0.649. The Kier molecular flexibility index (Phi) is 6.14. The predicted octanol–water partition coefficient (Wildman–Crippen LogP) is 11.2. The van der Waals surface area contributed by atoms with Gasteiger partial charge in [0.05, 0.1) is 0 Å². The van der Waals surface area contributed by atoms with Crippen molar-refractivity contribution >= 4 is 43.1 Å². The first-order chi connectivity index (χ1) is 22.8. The topological polar surface area (TPSA) is 38.7 Å². The highest BCUT2D eigenvalue weighted by molar-refractivity contribution is 6.17. The van der Waals surface area contributed by atoms with Gasteiger partial charge in [0.2, 0.25) is 0 Å². The first-order valence-corrected chi connectivity index (χ1v) is 15.5. The first kappa shape index (κ1) is 26.2. The molecule has 9 rings (SSSR count). The summed E-state index contributed by atoms with van der Waals surface area (Å²) in [5, 5.41) is 9.84. The SMILES string of the molecule is c1ccc(-c2nc(-c3cccc(-c4cccc5ccccc45)c3)nc(-c3ccc4c(ccc5c6ccccc6ccc45)c3)n2)cc1. The van der Waals surface area contributed by atoms with Crippen LogP contribution in [0.2, 0.25) is 0 Å². The van der Waals surface area contributed by atoms with E-state index in [-0.39, 0.29) is 0 Å². The molecular weight excluding hydrogens is 558 g/mol. The van der Waals surface area contributed by atoms with Crippen molar-refractivity contribution in [3.8, 4) is 45.3 Å². The van der Waals surface area contributed by atoms with E-state index in [0.29, 0.717) is 17.5 Å². The Morgan fingerprint density at radius 2 is 0.761 bits per heavy atom. The van der Waals surface area contributed by atoms with Gasteiger partial charge in [-0.25, -0.2) is 15.0 Å². The summed E-state index contributed by atoms with van der Waals surface area (Å²) in [5.74, 6) is 1.96. The summed E-state index contributed by atoms with van der Waals surface area (Å²) in [4.78, 5) is 15.1. The molecule has 0 spiro atoms. The quantitative estimate of drug-likeness (QED) is 0.193. The summed E-state index contributed by atoms with van der Waals surface area (Å²) < 4.78 is 0. The molecule has 9 aromatic rings. The molecule has 1 heterocycles. The van der Waals surface area contributed by atoms with Crippen LogP contribution in [0.25, 0.3) is 88.4 Å². The van der Waals surface area contributed by atoms with E-state index in [1.807, 2.05) is 30.3 Å². The zero-order chi connectivity index (χ0) is 30.5. The molecule has 214 valence electrons. The van der Waals surface area contributed by atoms with Crippen molar-refractivity contribution in [2.45, 2.75) is 0 Å². The molecule has 0 aliphatic rings. The monoisotopic (exact) mass is 585 g/mol. The molecule has 0 aliphatic heterocycles. The van der Waals surface area contributed by atoms with Gasteiger partial charge in [0.15, 0.2) is 17.5 Å². The number of hydrogen-bond acceptors (Lipinski definition) is 3. The second-order valence-electron chi connectivity index (χ2n) is 11.7. The summed E-state index contributed by atoms with van der Waals surface area (Å²) in [6.45, 7) is 0. The fraction of sp³-hybridized carbons (Fsp3) is 0. The van der Waals surface area contributed by atoms with Crippen molar-refractivity contribution < 1.29 is 0 Å². The van der Waals surface area contributed by atoms with Crippen LogP contribution in [0, 0.1) is 0 Å². The van der Waals surface area contributed by atoms with Crippen LogP contribution in [-0.2, 0) is 0 Å². The lowest BCUT2D eigenvalue weighted by Crippen LogP contribution is -2.00. The van der Waals surface area contributed by atoms with E-state index in [1.54, 1.807) is 0 Å². The molecule has 46 heavy (non-hydrogen) atoms. The van der Waals surface area contributed by atoms with Gasteiger partial charge in [-0.1, -0.05) is 152 Å². The first-order valence-electron chi connectivity index (χ1n) is 15.5. The standard InChI is InChI=1S/C43H27N3/c1-2-12-30(13-3-1)41-44-42(33-16-8-15-31(26-33)37-19-9-14-28-10-4-6-17-35(28)37)46-43(45-41)34-22-23-38-32(27-34)21-25-39-36-18-7-5-11-29(36)20-24-40(38)39/h1-27H. The van der Waals surface area contributed by atoms with Crippen LogP contribution in [0.5, 0.6) is 0 Å². The molecule has 0 saturated heterocycles. The smallest absolute Gasteiger partial charge is 0.164 e. The van der Waals surface area contributed by atoms with Gasteiger partial charge in [0.25, 0.3) is 0 Å². The average molecular weight is 586 g/mol. The third-order valence-corrected chi connectivity index (χ3v) is 8.89. The summed E-state index contributed by atoms with van der Waals surface area (Å²) in [6, 6.07) is 57.6. The molecule has 8 aromatic carbocycles. The maximum Gasteiger partial charge on any atom is 0.164 e. The summed E-state index contributed by atoms with van der Waals surface area (Å²) in [5.41, 5.74) is 5.18. The molecule has 0 fully saturated rings. The van der Waals surface area contributed by atoms with E-state index in [4.69, 9.17) is 15.0 Å². The van der Waals surface area contributed by atoms with Gasteiger partial charge in [-0.05, 0) is 66.3 Å². The Bertz CT molecular complexity index is 2580. The van der Waals surface area contributed by atoms with Crippen molar-refractivity contribution in [1.29, 1.82) is 0 Å². The minimum Gasteiger partial charge on any atom is -0.208 e. The normalized spacial score (nSPS) is 11.5. The number of rotatable bonds is 4. The van der Waals surface area contributed by atoms with Crippen LogP contribution in [0.4, 0.5) is 0 Å². The number of nitrogens with zero attached hydrogens (tertiary/aromatic N) is 3. The van der Waals surface area contributed by atoms with Crippen LogP contribution in [0.15, 0.2) is 164 Å². The Morgan fingerprint density at radius 3 is 1.54 bits per heavy atom. The largest absolute Gasteiger partial charge is 0.208 e. The van der Waals surface area contributed by atoms with Gasteiger partial charge in [-0.2, -0.15) is 0 Å². The van der Waals surface area contributed by atoms with Crippen LogP contribution in [0.3, 0.4) is 0 Å². The molecule has 0 unspecified atom stereocenters. The Morgan fingerprint density at radius 1 is 0.261 bits per heavy atom. The number of hydrogen-bond donors (Lipinski definition) is 0. The van der Waals surface area contributed by atoms with E-state index >= 15 is 0 Å². The summed E-state index contributed by atoms with van der Waals surface area (Å²) in [7, 11) is 0. The molecule has 0 bridgehead atoms. The lowest BCUT2D eigenvalue weighted by Gasteiger charge is -2.12. The Balaban J connectivity index is 1.20. The Hall–Kier alpha value is -6.19. The summed E-state index contributed by atoms with van der Waals surface area (Å²) >= 11 is 0. The van der Waals surface area contributed by atoms with Crippen LogP contribution in [0.1, 0.15) is 0 Å². The summed E-state index contributed by atoms with van der Waals surface area (Å²) in [6.07, 6.45) is 0. The zero-order valence-electron chi connectivity index (χ0n) is 24.9. The minimum atomic E-state index is 0.649. The highest BCUT2D eigenvalue weighted by Gasteiger charge is 2.15. The van der Waals surface area contributed by atoms with Crippen molar-refractivity contribution in [1.82, 2.24) is 15.0 Å². The van der Waals surface area contributed by atoms with Crippen LogP contribution in [-0.4, -0.2) is 15.0 Å². The molecule has 0 N–H and O–H groups in total. The number of aromatic nitrogens is 3. The van der Waals surface area contributed by atoms with Gasteiger partial charge in [0.1, 0.15) is 0 Å². The molecule has 1 aromatic heterocycles. The van der Waals surface area contributed by atoms with Crippen LogP contribution < -0.4 is 0 Å². The average Bonchev–Trinajstić information content (AvgIpc) is 3.14. The fourth-order valence-electron chi connectivity index (χ4n) is 6.62. The van der Waals surface area contributed by atoms with E-state index < -0.39 is 0 Å². The molecule has 0 amide bonds. The van der Waals surface area contributed by atoms with Gasteiger partial charge in [0, 0.05) is 16.7 Å². The molecule has 3 nitrogen and oxygen atoms in total. The van der Waals surface area contributed by atoms with Crippen molar-refractivity contribution in [3.63, 3.8) is 0 Å². The van der Waals surface area contributed by atoms with Gasteiger partial charge < -0.3 is 0 Å². The molecule has 3 heteroatoms. The van der Waals surface area contributed by atoms with E-state index in [0.717, 1.165) is 27.6 Å². The van der Waals surface area contributed by atoms with E-state index in [2.05, 4.69) is 133 Å². The highest BCUT2D eigenvalue weighted by atomic mass is 15.0.